The van der Waals surface area contributed by atoms with Crippen LogP contribution in [0.2, 0.25) is 0 Å². The van der Waals surface area contributed by atoms with Crippen molar-refractivity contribution in [2.45, 2.75) is 25.3 Å². The summed E-state index contributed by atoms with van der Waals surface area (Å²) in [6.07, 6.45) is 2.45. The molecule has 2 nitrogen and oxygen atoms in total. The van der Waals surface area contributed by atoms with Crippen LogP contribution in [0.1, 0.15) is 18.4 Å². The van der Waals surface area contributed by atoms with Gasteiger partial charge in [0.2, 0.25) is 0 Å². The van der Waals surface area contributed by atoms with E-state index >= 15 is 0 Å². The van der Waals surface area contributed by atoms with Crippen LogP contribution in [0.5, 0.6) is 0 Å². The van der Waals surface area contributed by atoms with Crippen LogP contribution in [-0.4, -0.2) is 23.6 Å². The Bertz CT molecular complexity index is 346. The van der Waals surface area contributed by atoms with E-state index in [0.717, 1.165) is 5.75 Å². The number of hydrogen-bond acceptors (Lipinski definition) is 3. The molecule has 0 aromatic heterocycles. The minimum Gasteiger partial charge on any atom is -0.377 e. The third-order valence-electron chi connectivity index (χ3n) is 3.26. The molecule has 1 saturated heterocycles. The van der Waals surface area contributed by atoms with Crippen molar-refractivity contribution in [3.05, 3.63) is 29.8 Å². The molecular formula is C13H20N2S. The van der Waals surface area contributed by atoms with Crippen LogP contribution in [-0.2, 0) is 0 Å². The molecular weight excluding hydrogens is 216 g/mol. The maximum absolute atomic E-state index is 5.96. The van der Waals surface area contributed by atoms with Gasteiger partial charge < -0.3 is 11.1 Å². The van der Waals surface area contributed by atoms with E-state index in [1.54, 1.807) is 0 Å². The van der Waals surface area contributed by atoms with Crippen molar-refractivity contribution in [2.24, 2.45) is 5.73 Å². The summed E-state index contributed by atoms with van der Waals surface area (Å²) in [7, 11) is 0. The summed E-state index contributed by atoms with van der Waals surface area (Å²) in [5.74, 6) is 2.40. The lowest BCUT2D eigenvalue weighted by Gasteiger charge is -2.38. The molecule has 1 aliphatic heterocycles. The van der Waals surface area contributed by atoms with Crippen LogP contribution in [0.25, 0.3) is 0 Å². The quantitative estimate of drug-likeness (QED) is 0.847. The molecule has 1 aromatic rings. The van der Waals surface area contributed by atoms with Crippen molar-refractivity contribution in [3.8, 4) is 0 Å². The van der Waals surface area contributed by atoms with Crippen molar-refractivity contribution < 1.29 is 0 Å². The highest BCUT2D eigenvalue weighted by Gasteiger charge is 2.30. The number of rotatable bonds is 3. The van der Waals surface area contributed by atoms with Gasteiger partial charge >= 0.3 is 0 Å². The number of nitrogens with two attached hydrogens (primary N) is 1. The lowest BCUT2D eigenvalue weighted by atomic mass is 9.94. The fourth-order valence-electron chi connectivity index (χ4n) is 2.16. The van der Waals surface area contributed by atoms with E-state index in [-0.39, 0.29) is 5.54 Å². The lowest BCUT2D eigenvalue weighted by Crippen LogP contribution is -2.49. The molecule has 1 atom stereocenters. The first-order valence-electron chi connectivity index (χ1n) is 5.87. The number of hydrogen-bond donors (Lipinski definition) is 2. The highest BCUT2D eigenvalue weighted by Crippen LogP contribution is 2.30. The van der Waals surface area contributed by atoms with Gasteiger partial charge in [-0.2, -0.15) is 11.8 Å². The molecule has 1 heterocycles. The zero-order chi connectivity index (χ0) is 11.4. The average Bonchev–Trinajstić information content (AvgIpc) is 2.33. The molecule has 2 rings (SSSR count). The van der Waals surface area contributed by atoms with Crippen molar-refractivity contribution in [3.63, 3.8) is 0 Å². The Morgan fingerprint density at radius 1 is 1.44 bits per heavy atom. The molecule has 1 unspecified atom stereocenters. The molecule has 16 heavy (non-hydrogen) atoms. The number of thioether (sulfide) groups is 1. The van der Waals surface area contributed by atoms with Crippen LogP contribution < -0.4 is 11.1 Å². The topological polar surface area (TPSA) is 38.0 Å². The Labute approximate surface area is 102 Å². The van der Waals surface area contributed by atoms with Crippen molar-refractivity contribution >= 4 is 17.4 Å². The number of aryl methyl sites for hydroxylation is 1. The number of para-hydroxylation sites is 1. The minimum absolute atomic E-state index is 0.106. The molecule has 0 spiro atoms. The van der Waals surface area contributed by atoms with Crippen LogP contribution >= 0.6 is 11.8 Å². The second-order valence-corrected chi connectivity index (χ2v) is 5.69. The maximum Gasteiger partial charge on any atom is 0.0586 e. The fraction of sp³-hybridized carbons (Fsp3) is 0.538. The van der Waals surface area contributed by atoms with Gasteiger partial charge in [0.15, 0.2) is 0 Å². The monoisotopic (exact) mass is 236 g/mol. The Balaban J connectivity index is 2.15. The third kappa shape index (κ3) is 2.53. The smallest absolute Gasteiger partial charge is 0.0586 e. The summed E-state index contributed by atoms with van der Waals surface area (Å²) in [5, 5.41) is 3.67. The molecule has 0 bridgehead atoms. The summed E-state index contributed by atoms with van der Waals surface area (Å²) in [6.45, 7) is 2.86. The van der Waals surface area contributed by atoms with E-state index in [4.69, 9.17) is 5.73 Å². The minimum atomic E-state index is 0.106. The first kappa shape index (κ1) is 11.8. The second-order valence-electron chi connectivity index (χ2n) is 4.58. The molecule has 88 valence electrons. The fourth-order valence-corrected chi connectivity index (χ4v) is 3.38. The summed E-state index contributed by atoms with van der Waals surface area (Å²) in [4.78, 5) is 0. The second kappa shape index (κ2) is 5.11. The van der Waals surface area contributed by atoms with Gasteiger partial charge in [-0.1, -0.05) is 18.2 Å². The van der Waals surface area contributed by atoms with Gasteiger partial charge in [-0.05, 0) is 37.1 Å². The van der Waals surface area contributed by atoms with Gasteiger partial charge in [-0.15, -0.1) is 0 Å². The predicted molar refractivity (Wildman–Crippen MR) is 73.1 cm³/mol. The Kier molecular flexibility index (Phi) is 3.77. The summed E-state index contributed by atoms with van der Waals surface area (Å²) in [5.41, 5.74) is 8.60. The van der Waals surface area contributed by atoms with E-state index in [2.05, 4.69) is 36.5 Å². The van der Waals surface area contributed by atoms with Gasteiger partial charge in [0, 0.05) is 18.0 Å². The zero-order valence-corrected chi connectivity index (χ0v) is 10.6. The first-order chi connectivity index (χ1) is 7.76. The van der Waals surface area contributed by atoms with E-state index in [9.17, 15) is 0 Å². The highest BCUT2D eigenvalue weighted by molar-refractivity contribution is 7.99. The normalized spacial score (nSPS) is 25.4. The number of anilines is 1. The van der Waals surface area contributed by atoms with Crippen LogP contribution in [0.4, 0.5) is 5.69 Å². The lowest BCUT2D eigenvalue weighted by molar-refractivity contribution is 0.476. The molecule has 0 amide bonds. The Hall–Kier alpha value is -0.670. The first-order valence-corrected chi connectivity index (χ1v) is 7.03. The zero-order valence-electron chi connectivity index (χ0n) is 9.83. The molecule has 3 N–H and O–H groups in total. The van der Waals surface area contributed by atoms with Gasteiger partial charge in [0.05, 0.1) is 5.54 Å². The molecule has 0 radical (unpaired) electrons. The van der Waals surface area contributed by atoms with E-state index < -0.39 is 0 Å². The molecule has 3 heteroatoms. The van der Waals surface area contributed by atoms with Crippen molar-refractivity contribution in [2.75, 3.05) is 23.4 Å². The summed E-state index contributed by atoms with van der Waals surface area (Å²) in [6, 6.07) is 8.44. The molecule has 1 fully saturated rings. The third-order valence-corrected chi connectivity index (χ3v) is 4.59. The van der Waals surface area contributed by atoms with Crippen LogP contribution in [0.15, 0.2) is 24.3 Å². The van der Waals surface area contributed by atoms with Crippen molar-refractivity contribution in [1.29, 1.82) is 0 Å². The van der Waals surface area contributed by atoms with Gasteiger partial charge in [-0.3, -0.25) is 0 Å². The molecule has 0 saturated carbocycles. The van der Waals surface area contributed by atoms with Gasteiger partial charge in [0.25, 0.3) is 0 Å². The Morgan fingerprint density at radius 3 is 2.88 bits per heavy atom. The predicted octanol–water partition coefficient (Wildman–Crippen LogP) is 2.63. The SMILES string of the molecule is Cc1ccccc1NC1(CN)CCCSC1. The summed E-state index contributed by atoms with van der Waals surface area (Å²) >= 11 is 2.01. The van der Waals surface area contributed by atoms with Crippen LogP contribution in [0.3, 0.4) is 0 Å². The van der Waals surface area contributed by atoms with Gasteiger partial charge in [0.1, 0.15) is 0 Å². The highest BCUT2D eigenvalue weighted by atomic mass is 32.2. The summed E-state index contributed by atoms with van der Waals surface area (Å²) < 4.78 is 0. The van der Waals surface area contributed by atoms with Crippen molar-refractivity contribution in [1.82, 2.24) is 0 Å². The number of nitrogens with one attached hydrogen (secondary N) is 1. The largest absolute Gasteiger partial charge is 0.377 e. The molecule has 0 aliphatic carbocycles. The van der Waals surface area contributed by atoms with Crippen LogP contribution in [0, 0.1) is 6.92 Å². The molecule has 1 aliphatic rings. The Morgan fingerprint density at radius 2 is 2.25 bits per heavy atom. The maximum atomic E-state index is 5.96. The molecule has 1 aromatic carbocycles. The number of benzene rings is 1. The van der Waals surface area contributed by atoms with E-state index in [0.29, 0.717) is 6.54 Å². The van der Waals surface area contributed by atoms with Gasteiger partial charge in [-0.25, -0.2) is 0 Å². The van der Waals surface area contributed by atoms with E-state index in [1.807, 2.05) is 11.8 Å². The van der Waals surface area contributed by atoms with E-state index in [1.165, 1.54) is 29.8 Å². The standard InChI is InChI=1S/C13H20N2S/c1-11-5-2-3-6-12(11)15-13(9-14)7-4-8-16-10-13/h2-3,5-6,15H,4,7-10,14H2,1H3. The average molecular weight is 236 g/mol.